The molecule has 1 saturated carbocycles. The zero-order valence-corrected chi connectivity index (χ0v) is 39.4. The van der Waals surface area contributed by atoms with Crippen LogP contribution in [0.2, 0.25) is 0 Å². The number of hydrogen-bond donors (Lipinski definition) is 2. The first-order valence-electron chi connectivity index (χ1n) is 22.6. The summed E-state index contributed by atoms with van der Waals surface area (Å²) in [5.74, 6) is 0.0851. The lowest BCUT2D eigenvalue weighted by Gasteiger charge is -2.35. The molecule has 3 aliphatic carbocycles. The number of nitrogen functional groups attached to an aromatic ring is 1. The van der Waals surface area contributed by atoms with E-state index in [-0.39, 0.29) is 27.2 Å². The Balaban J connectivity index is 0.000000161. The van der Waals surface area contributed by atoms with E-state index in [1.165, 1.54) is 28.4 Å². The lowest BCUT2D eigenvalue weighted by molar-refractivity contribution is 0.563. The molecule has 0 spiro atoms. The maximum Gasteiger partial charge on any atom is 0.283 e. The molecule has 3 aliphatic rings. The number of nitrogens with zero attached hydrogens (tertiary/aromatic N) is 4. The van der Waals surface area contributed by atoms with E-state index in [1.807, 2.05) is 92.7 Å². The van der Waals surface area contributed by atoms with Crippen molar-refractivity contribution in [3.63, 3.8) is 0 Å². The molecule has 0 radical (unpaired) electrons. The first kappa shape index (κ1) is 45.4. The molecule has 69 heavy (non-hydrogen) atoms. The van der Waals surface area contributed by atoms with E-state index in [0.29, 0.717) is 41.7 Å². The van der Waals surface area contributed by atoms with E-state index >= 15 is 0 Å². The lowest BCUT2D eigenvalue weighted by atomic mass is 9.68. The minimum atomic E-state index is -3.97. The minimum Gasteiger partial charge on any atom is -0.382 e. The topological polar surface area (TPSA) is 142 Å². The summed E-state index contributed by atoms with van der Waals surface area (Å²) in [7, 11) is -7.91. The Morgan fingerprint density at radius 1 is 0.536 bits per heavy atom. The van der Waals surface area contributed by atoms with Crippen LogP contribution in [0, 0.1) is 25.5 Å². The van der Waals surface area contributed by atoms with Gasteiger partial charge in [-0.1, -0.05) is 145 Å². The first-order valence-corrected chi connectivity index (χ1v) is 25.5. The maximum atomic E-state index is 13.9. The molecule has 3 N–H and O–H groups in total. The van der Waals surface area contributed by atoms with Crippen molar-refractivity contribution in [2.75, 3.05) is 11.1 Å². The highest BCUT2D eigenvalue weighted by Crippen LogP contribution is 2.46. The SMILES string of the molecule is Cc1ccc(S(=O)(=O)n2nc(N)c3c2CC(c2ccccc2)(c2ccc(F)cc2)C=C3)cc1.Cc1ccc(S(=O)(=O)n2nc(NC3CC3)c3c2CC(c2ccccc2)(c2ccc(F)cc2)C=C3)cc1. The molecule has 11 rings (SSSR count). The van der Waals surface area contributed by atoms with Crippen molar-refractivity contribution in [2.45, 2.75) is 66.2 Å². The van der Waals surface area contributed by atoms with Gasteiger partial charge in [0.1, 0.15) is 11.6 Å². The molecule has 2 atom stereocenters. The van der Waals surface area contributed by atoms with Gasteiger partial charge >= 0.3 is 0 Å². The monoisotopic (exact) mass is 958 g/mol. The van der Waals surface area contributed by atoms with Crippen LogP contribution in [0.15, 0.2) is 180 Å². The number of nitrogens with one attached hydrogen (secondary N) is 1. The highest BCUT2D eigenvalue weighted by atomic mass is 32.2. The van der Waals surface area contributed by atoms with Gasteiger partial charge in [-0.2, -0.15) is 25.0 Å². The van der Waals surface area contributed by atoms with Crippen LogP contribution in [-0.2, 0) is 43.7 Å². The number of fused-ring (bicyclic) bond motifs is 2. The Kier molecular flexibility index (Phi) is 11.6. The van der Waals surface area contributed by atoms with E-state index in [0.717, 1.165) is 55.9 Å². The van der Waals surface area contributed by atoms with Crippen molar-refractivity contribution >= 4 is 43.8 Å². The normalized spacial score (nSPS) is 18.4. The average Bonchev–Trinajstić information content (AvgIpc) is 4.03. The van der Waals surface area contributed by atoms with Crippen molar-refractivity contribution in [1.82, 2.24) is 18.4 Å². The van der Waals surface area contributed by atoms with Gasteiger partial charge in [0.25, 0.3) is 20.0 Å². The van der Waals surface area contributed by atoms with Gasteiger partial charge in [-0.3, -0.25) is 0 Å². The smallest absolute Gasteiger partial charge is 0.283 e. The van der Waals surface area contributed by atoms with Crippen LogP contribution in [-0.4, -0.2) is 41.2 Å². The molecule has 2 aromatic heterocycles. The van der Waals surface area contributed by atoms with Crippen molar-refractivity contribution in [1.29, 1.82) is 0 Å². The van der Waals surface area contributed by atoms with Gasteiger partial charge in [0.2, 0.25) is 0 Å². The van der Waals surface area contributed by atoms with Crippen molar-refractivity contribution in [3.05, 3.63) is 237 Å². The Morgan fingerprint density at radius 3 is 1.36 bits per heavy atom. The number of aromatic nitrogens is 4. The van der Waals surface area contributed by atoms with Crippen molar-refractivity contribution in [2.24, 2.45) is 0 Å². The van der Waals surface area contributed by atoms with Crippen LogP contribution in [0.25, 0.3) is 12.2 Å². The van der Waals surface area contributed by atoms with E-state index < -0.39 is 30.9 Å². The number of anilines is 2. The second kappa shape index (κ2) is 17.6. The summed E-state index contributed by atoms with van der Waals surface area (Å²) in [6.07, 6.45) is 10.6. The number of benzene rings is 6. The Bertz CT molecular complexity index is 3480. The van der Waals surface area contributed by atoms with E-state index in [1.54, 1.807) is 72.8 Å². The number of rotatable bonds is 10. The zero-order valence-electron chi connectivity index (χ0n) is 37.8. The largest absolute Gasteiger partial charge is 0.382 e. The fourth-order valence-corrected chi connectivity index (χ4v) is 12.0. The number of halogens is 2. The number of hydrogen-bond acceptors (Lipinski definition) is 8. The molecule has 8 aromatic rings. The maximum absolute atomic E-state index is 13.9. The summed E-state index contributed by atoms with van der Waals surface area (Å²) in [5.41, 5.74) is 12.8. The zero-order chi connectivity index (χ0) is 48.1. The summed E-state index contributed by atoms with van der Waals surface area (Å²) in [4.78, 5) is 0.332. The van der Waals surface area contributed by atoms with Gasteiger partial charge < -0.3 is 11.1 Å². The van der Waals surface area contributed by atoms with Gasteiger partial charge in [0, 0.05) is 40.8 Å². The molecule has 2 unspecified atom stereocenters. The highest BCUT2D eigenvalue weighted by molar-refractivity contribution is 7.90. The van der Waals surface area contributed by atoms with Crippen molar-refractivity contribution in [3.8, 4) is 0 Å². The van der Waals surface area contributed by atoms with Gasteiger partial charge in [-0.15, -0.1) is 10.2 Å². The Hall–Kier alpha value is -7.42. The molecular formula is C55H48F2N6O4S2. The number of nitrogens with two attached hydrogens (primary N) is 1. The highest BCUT2D eigenvalue weighted by Gasteiger charge is 2.42. The minimum absolute atomic E-state index is 0.139. The molecule has 0 amide bonds. The van der Waals surface area contributed by atoms with Crippen LogP contribution in [0.1, 0.15) is 68.7 Å². The quantitative estimate of drug-likeness (QED) is 0.138. The van der Waals surface area contributed by atoms with Gasteiger partial charge in [0.05, 0.1) is 21.2 Å². The van der Waals surface area contributed by atoms with Gasteiger partial charge in [0.15, 0.2) is 11.6 Å². The molecule has 6 aromatic carbocycles. The third-order valence-corrected chi connectivity index (χ3v) is 16.5. The standard InChI is InChI=1S/C29H26FN3O2S.C26H22FN3O2S/c1-20-7-15-25(16-8-20)36(34,35)33-27-19-29(21-5-3-2-4-6-21,22-9-11-23(30)12-10-22)18-17-26(27)28(32-33)31-24-13-14-24;1-18-7-13-22(14-8-18)33(31,32)30-24-17-26(19-5-3-2-4-6-19,16-15-23(24)25(28)29-30)20-9-11-21(27)12-10-20/h2-12,15-18,24H,13-14,19H2,1H3,(H,31,32);2-16H,17H2,1H3,(H2,28,29). The van der Waals surface area contributed by atoms with Crippen LogP contribution in [0.3, 0.4) is 0 Å². The fraction of sp³-hybridized carbons (Fsp3) is 0.164. The first-order chi connectivity index (χ1) is 33.2. The molecule has 2 heterocycles. The average molecular weight is 959 g/mol. The molecular weight excluding hydrogens is 911 g/mol. The van der Waals surface area contributed by atoms with E-state index in [2.05, 4.69) is 21.6 Å². The molecule has 0 saturated heterocycles. The fourth-order valence-electron chi connectivity index (χ4n) is 9.33. The molecule has 0 aliphatic heterocycles. The second-order valence-electron chi connectivity index (χ2n) is 17.9. The van der Waals surface area contributed by atoms with Crippen LogP contribution in [0.5, 0.6) is 0 Å². The predicted octanol–water partition coefficient (Wildman–Crippen LogP) is 10.4. The van der Waals surface area contributed by atoms with Gasteiger partial charge in [-0.05, 0) is 97.5 Å². The molecule has 0 bridgehead atoms. The molecule has 348 valence electrons. The third-order valence-electron chi connectivity index (χ3n) is 13.3. The van der Waals surface area contributed by atoms with E-state index in [9.17, 15) is 25.6 Å². The van der Waals surface area contributed by atoms with E-state index in [4.69, 9.17) is 5.73 Å². The van der Waals surface area contributed by atoms with Crippen LogP contribution < -0.4 is 11.1 Å². The third kappa shape index (κ3) is 8.37. The predicted molar refractivity (Wildman–Crippen MR) is 266 cm³/mol. The number of allylic oxidation sites excluding steroid dienone is 2. The van der Waals surface area contributed by atoms with Gasteiger partial charge in [-0.25, -0.2) is 8.78 Å². The Morgan fingerprint density at radius 2 is 0.928 bits per heavy atom. The van der Waals surface area contributed by atoms with Crippen LogP contribution in [0.4, 0.5) is 20.4 Å². The molecule has 10 nitrogen and oxygen atoms in total. The lowest BCUT2D eigenvalue weighted by Crippen LogP contribution is -2.32. The molecule has 1 fully saturated rings. The number of aryl methyl sites for hydroxylation is 2. The summed E-state index contributed by atoms with van der Waals surface area (Å²) >= 11 is 0. The summed E-state index contributed by atoms with van der Waals surface area (Å²) < 4.78 is 84.6. The summed E-state index contributed by atoms with van der Waals surface area (Å²) in [6.45, 7) is 3.82. The Labute approximate surface area is 400 Å². The van der Waals surface area contributed by atoms with Crippen LogP contribution >= 0.6 is 0 Å². The summed E-state index contributed by atoms with van der Waals surface area (Å²) in [5, 5.41) is 12.3. The second-order valence-corrected chi connectivity index (χ2v) is 21.4. The molecule has 14 heteroatoms. The summed E-state index contributed by atoms with van der Waals surface area (Å²) in [6, 6.07) is 46.2. The van der Waals surface area contributed by atoms with Crippen molar-refractivity contribution < 1.29 is 25.6 Å².